The highest BCUT2D eigenvalue weighted by molar-refractivity contribution is 5.81. The van der Waals surface area contributed by atoms with Crippen molar-refractivity contribution in [3.63, 3.8) is 0 Å². The Hall–Kier alpha value is -1.12. The van der Waals surface area contributed by atoms with Crippen molar-refractivity contribution in [3.8, 4) is 0 Å². The lowest BCUT2D eigenvalue weighted by atomic mass is 10.1. The summed E-state index contributed by atoms with van der Waals surface area (Å²) in [5.74, 6) is -0.291. The second kappa shape index (κ2) is 11.0. The van der Waals surface area contributed by atoms with Gasteiger partial charge in [-0.25, -0.2) is 4.79 Å². The molecule has 0 radical (unpaired) electrons. The van der Waals surface area contributed by atoms with Crippen LogP contribution in [0.2, 0.25) is 0 Å². The van der Waals surface area contributed by atoms with E-state index in [-0.39, 0.29) is 5.97 Å². The highest BCUT2D eigenvalue weighted by Gasteiger charge is 1.91. The Kier molecular flexibility index (Phi) is 10.1. The van der Waals surface area contributed by atoms with Crippen LogP contribution in [0.25, 0.3) is 0 Å². The molecule has 0 amide bonds. The lowest BCUT2D eigenvalue weighted by Crippen LogP contribution is -1.93. The number of aldehydes is 1. The predicted molar refractivity (Wildman–Crippen MR) is 59.5 cm³/mol. The molecule has 0 aromatic rings. The molecule has 3 heteroatoms. The molecule has 0 aromatic carbocycles. The van der Waals surface area contributed by atoms with E-state index in [9.17, 15) is 9.59 Å². The first kappa shape index (κ1) is 13.9. The van der Waals surface area contributed by atoms with Crippen LogP contribution in [-0.2, 0) is 14.3 Å². The van der Waals surface area contributed by atoms with Crippen LogP contribution in [0.4, 0.5) is 0 Å². The van der Waals surface area contributed by atoms with E-state index < -0.39 is 0 Å². The Balaban J connectivity index is 3.14. The van der Waals surface area contributed by atoms with Gasteiger partial charge in [-0.3, -0.25) is 0 Å². The summed E-state index contributed by atoms with van der Waals surface area (Å²) in [7, 11) is 1.37. The first-order valence-electron chi connectivity index (χ1n) is 5.49. The molecule has 0 aromatic heterocycles. The number of ether oxygens (including phenoxy) is 1. The van der Waals surface area contributed by atoms with E-state index in [1.807, 2.05) is 6.08 Å². The second-order valence-corrected chi connectivity index (χ2v) is 3.44. The quantitative estimate of drug-likeness (QED) is 0.255. The van der Waals surface area contributed by atoms with Crippen LogP contribution in [-0.4, -0.2) is 19.4 Å². The summed E-state index contributed by atoms with van der Waals surface area (Å²) in [6, 6.07) is 0. The molecule has 0 aliphatic heterocycles. The van der Waals surface area contributed by atoms with Crippen molar-refractivity contribution >= 4 is 12.3 Å². The van der Waals surface area contributed by atoms with E-state index in [0.717, 1.165) is 38.4 Å². The summed E-state index contributed by atoms with van der Waals surface area (Å²) in [4.78, 5) is 20.7. The van der Waals surface area contributed by atoms with Gasteiger partial charge in [0.2, 0.25) is 0 Å². The van der Waals surface area contributed by atoms with Crippen LogP contribution in [0, 0.1) is 0 Å². The van der Waals surface area contributed by atoms with Gasteiger partial charge in [0.05, 0.1) is 7.11 Å². The highest BCUT2D eigenvalue weighted by Crippen LogP contribution is 2.06. The van der Waals surface area contributed by atoms with Gasteiger partial charge in [0.1, 0.15) is 6.29 Å². The largest absolute Gasteiger partial charge is 0.466 e. The molecular weight excluding hydrogens is 192 g/mol. The molecule has 86 valence electrons. The maximum Gasteiger partial charge on any atom is 0.330 e. The molecule has 0 saturated heterocycles. The minimum absolute atomic E-state index is 0.291. The zero-order valence-electron chi connectivity index (χ0n) is 9.41. The fraction of sp³-hybridized carbons (Fsp3) is 0.667. The van der Waals surface area contributed by atoms with Gasteiger partial charge < -0.3 is 9.53 Å². The molecule has 0 atom stereocenters. The summed E-state index contributed by atoms with van der Waals surface area (Å²) in [5.41, 5.74) is 0. The van der Waals surface area contributed by atoms with Gasteiger partial charge >= 0.3 is 5.97 Å². The van der Waals surface area contributed by atoms with E-state index in [1.54, 1.807) is 0 Å². The summed E-state index contributed by atoms with van der Waals surface area (Å²) in [6.07, 6.45) is 11.4. The fourth-order valence-corrected chi connectivity index (χ4v) is 1.27. The molecule has 15 heavy (non-hydrogen) atoms. The van der Waals surface area contributed by atoms with Crippen molar-refractivity contribution in [3.05, 3.63) is 12.2 Å². The molecule has 0 saturated carbocycles. The molecule has 0 bridgehead atoms. The van der Waals surface area contributed by atoms with Crippen LogP contribution in [0.1, 0.15) is 44.9 Å². The van der Waals surface area contributed by atoms with Crippen LogP contribution >= 0.6 is 0 Å². The lowest BCUT2D eigenvalue weighted by molar-refractivity contribution is -0.134. The maximum absolute atomic E-state index is 10.7. The summed E-state index contributed by atoms with van der Waals surface area (Å²) < 4.78 is 4.46. The molecule has 0 heterocycles. The van der Waals surface area contributed by atoms with Gasteiger partial charge in [0.25, 0.3) is 0 Å². The van der Waals surface area contributed by atoms with Crippen LogP contribution in [0.5, 0.6) is 0 Å². The first-order chi connectivity index (χ1) is 7.31. The van der Waals surface area contributed by atoms with Crippen molar-refractivity contribution in [2.45, 2.75) is 44.9 Å². The van der Waals surface area contributed by atoms with Crippen molar-refractivity contribution < 1.29 is 14.3 Å². The van der Waals surface area contributed by atoms with Gasteiger partial charge in [0.15, 0.2) is 0 Å². The Labute approximate surface area is 91.5 Å². The Morgan fingerprint density at radius 1 is 1.07 bits per heavy atom. The predicted octanol–water partition coefficient (Wildman–Crippen LogP) is 2.65. The minimum Gasteiger partial charge on any atom is -0.466 e. The number of hydrogen-bond donors (Lipinski definition) is 0. The number of rotatable bonds is 9. The monoisotopic (exact) mass is 212 g/mol. The Bertz CT molecular complexity index is 197. The topological polar surface area (TPSA) is 43.4 Å². The van der Waals surface area contributed by atoms with E-state index in [0.29, 0.717) is 6.42 Å². The van der Waals surface area contributed by atoms with Crippen molar-refractivity contribution in [1.82, 2.24) is 0 Å². The van der Waals surface area contributed by atoms with E-state index in [4.69, 9.17) is 0 Å². The average Bonchev–Trinajstić information content (AvgIpc) is 2.26. The molecule has 0 unspecified atom stereocenters. The van der Waals surface area contributed by atoms with Crippen LogP contribution < -0.4 is 0 Å². The zero-order valence-corrected chi connectivity index (χ0v) is 9.41. The smallest absolute Gasteiger partial charge is 0.330 e. The lowest BCUT2D eigenvalue weighted by Gasteiger charge is -1.97. The second-order valence-electron chi connectivity index (χ2n) is 3.44. The van der Waals surface area contributed by atoms with Crippen molar-refractivity contribution in [1.29, 1.82) is 0 Å². The van der Waals surface area contributed by atoms with E-state index in [2.05, 4.69) is 4.74 Å². The van der Waals surface area contributed by atoms with Crippen LogP contribution in [0.15, 0.2) is 12.2 Å². The standard InChI is InChI=1S/C12H20O3/c1-15-12(14)10-8-6-4-2-3-5-7-9-11-13/h8,10-11H,2-7,9H2,1H3. The molecule has 0 spiro atoms. The molecule has 3 nitrogen and oxygen atoms in total. The van der Waals surface area contributed by atoms with Gasteiger partial charge in [0, 0.05) is 12.5 Å². The molecule has 0 N–H and O–H groups in total. The third kappa shape index (κ3) is 10.8. The van der Waals surface area contributed by atoms with Crippen molar-refractivity contribution in [2.24, 2.45) is 0 Å². The Morgan fingerprint density at radius 2 is 1.67 bits per heavy atom. The number of hydrogen-bond acceptors (Lipinski definition) is 3. The first-order valence-corrected chi connectivity index (χ1v) is 5.49. The minimum atomic E-state index is -0.291. The summed E-state index contributed by atoms with van der Waals surface area (Å²) in [6.45, 7) is 0. The number of carbonyl (C=O) groups excluding carboxylic acids is 2. The molecule has 0 rings (SSSR count). The molecule has 0 aliphatic rings. The fourth-order valence-electron chi connectivity index (χ4n) is 1.27. The van der Waals surface area contributed by atoms with E-state index >= 15 is 0 Å². The molecule has 0 aliphatic carbocycles. The maximum atomic E-state index is 10.7. The SMILES string of the molecule is COC(=O)C=CCCCCCCCC=O. The number of unbranched alkanes of at least 4 members (excludes halogenated alkanes) is 6. The molecular formula is C12H20O3. The zero-order chi connectivity index (χ0) is 11.4. The number of esters is 1. The average molecular weight is 212 g/mol. The third-order valence-corrected chi connectivity index (χ3v) is 2.15. The van der Waals surface area contributed by atoms with Gasteiger partial charge in [-0.2, -0.15) is 0 Å². The summed E-state index contributed by atoms with van der Waals surface area (Å²) >= 11 is 0. The number of methoxy groups -OCH3 is 1. The highest BCUT2D eigenvalue weighted by atomic mass is 16.5. The van der Waals surface area contributed by atoms with Gasteiger partial charge in [-0.05, 0) is 19.3 Å². The normalized spacial score (nSPS) is 10.5. The Morgan fingerprint density at radius 3 is 2.27 bits per heavy atom. The number of carbonyl (C=O) groups is 2. The van der Waals surface area contributed by atoms with Gasteiger partial charge in [-0.1, -0.05) is 25.3 Å². The van der Waals surface area contributed by atoms with Gasteiger partial charge in [-0.15, -0.1) is 0 Å². The van der Waals surface area contributed by atoms with Crippen LogP contribution in [0.3, 0.4) is 0 Å². The van der Waals surface area contributed by atoms with Crippen molar-refractivity contribution in [2.75, 3.05) is 7.11 Å². The third-order valence-electron chi connectivity index (χ3n) is 2.15. The number of allylic oxidation sites excluding steroid dienone is 1. The van der Waals surface area contributed by atoms with E-state index in [1.165, 1.54) is 19.6 Å². The summed E-state index contributed by atoms with van der Waals surface area (Å²) in [5, 5.41) is 0. The molecule has 0 fully saturated rings.